The fourth-order valence-corrected chi connectivity index (χ4v) is 5.79. The van der Waals surface area contributed by atoms with Crippen LogP contribution in [0.25, 0.3) is 0 Å². The van der Waals surface area contributed by atoms with E-state index in [1.54, 1.807) is 0 Å². The van der Waals surface area contributed by atoms with Crippen LogP contribution >= 0.6 is 23.2 Å². The third-order valence-electron chi connectivity index (χ3n) is 5.72. The Bertz CT molecular complexity index is 1190. The smallest absolute Gasteiger partial charge is 0.374 e. The number of rotatable bonds is 4. The number of carbonyl (C=O) groups is 1. The van der Waals surface area contributed by atoms with Crippen LogP contribution in [-0.2, 0) is 25.1 Å². The topological polar surface area (TPSA) is 102 Å². The van der Waals surface area contributed by atoms with E-state index in [9.17, 15) is 26.4 Å². The third-order valence-corrected chi connectivity index (χ3v) is 8.00. The minimum Gasteiger partial charge on any atom is -0.374 e. The van der Waals surface area contributed by atoms with Crippen LogP contribution in [0.2, 0.25) is 10.0 Å². The SMILES string of the molecule is CC1=C(C(=O)N(C)N)C=CC(C2=NOC(c3cc(Cl)cc(Cl)c3)(C(F)(F)F)C2)(S(C)(=O)=O)C1. The van der Waals surface area contributed by atoms with Crippen LogP contribution in [0.4, 0.5) is 13.2 Å². The van der Waals surface area contributed by atoms with Gasteiger partial charge in [0.25, 0.3) is 11.5 Å². The van der Waals surface area contributed by atoms with E-state index in [-0.39, 0.29) is 27.8 Å². The van der Waals surface area contributed by atoms with Crippen molar-refractivity contribution >= 4 is 44.7 Å². The van der Waals surface area contributed by atoms with Crippen molar-refractivity contribution in [3.05, 3.63) is 57.1 Å². The van der Waals surface area contributed by atoms with Crippen molar-refractivity contribution in [3.8, 4) is 0 Å². The fraction of sp³-hybridized carbons (Fsp3) is 0.400. The average Bonchev–Trinajstić information content (AvgIpc) is 3.13. The van der Waals surface area contributed by atoms with Crippen molar-refractivity contribution in [2.75, 3.05) is 13.3 Å². The molecule has 2 atom stereocenters. The Balaban J connectivity index is 2.12. The van der Waals surface area contributed by atoms with Crippen molar-refractivity contribution in [2.45, 2.75) is 36.3 Å². The number of hydrogen-bond acceptors (Lipinski definition) is 6. The van der Waals surface area contributed by atoms with Crippen molar-refractivity contribution in [3.63, 3.8) is 0 Å². The zero-order valence-corrected chi connectivity index (χ0v) is 20.0. The van der Waals surface area contributed by atoms with Crippen LogP contribution in [0.1, 0.15) is 25.3 Å². The molecule has 0 radical (unpaired) electrons. The molecule has 0 spiro atoms. The van der Waals surface area contributed by atoms with Gasteiger partial charge in [-0.2, -0.15) is 13.2 Å². The summed E-state index contributed by atoms with van der Waals surface area (Å²) in [7, 11) is -2.76. The fourth-order valence-electron chi connectivity index (χ4n) is 3.94. The van der Waals surface area contributed by atoms with Crippen LogP contribution in [0.3, 0.4) is 0 Å². The van der Waals surface area contributed by atoms with Gasteiger partial charge in [0.1, 0.15) is 4.75 Å². The number of benzene rings is 1. The molecule has 1 heterocycles. The third kappa shape index (κ3) is 4.27. The van der Waals surface area contributed by atoms with Gasteiger partial charge in [-0.25, -0.2) is 14.3 Å². The largest absolute Gasteiger partial charge is 0.435 e. The zero-order chi connectivity index (χ0) is 25.0. The van der Waals surface area contributed by atoms with E-state index in [1.165, 1.54) is 26.1 Å². The van der Waals surface area contributed by atoms with E-state index in [4.69, 9.17) is 33.9 Å². The lowest BCUT2D eigenvalue weighted by atomic mass is 9.80. The molecule has 7 nitrogen and oxygen atoms in total. The first-order valence-corrected chi connectivity index (χ1v) is 12.1. The first kappa shape index (κ1) is 25.5. The molecule has 180 valence electrons. The Hall–Kier alpha value is -2.08. The quantitative estimate of drug-likeness (QED) is 0.364. The summed E-state index contributed by atoms with van der Waals surface area (Å²) < 4.78 is 66.9. The summed E-state index contributed by atoms with van der Waals surface area (Å²) in [6, 6.07) is 3.35. The van der Waals surface area contributed by atoms with Crippen LogP contribution < -0.4 is 5.84 Å². The molecule has 0 bridgehead atoms. The second-order valence-corrected chi connectivity index (χ2v) is 11.2. The van der Waals surface area contributed by atoms with Gasteiger partial charge in [-0.1, -0.05) is 46.1 Å². The molecule has 2 N–H and O–H groups in total. The van der Waals surface area contributed by atoms with Gasteiger partial charge >= 0.3 is 6.18 Å². The maximum Gasteiger partial charge on any atom is 0.435 e. The summed E-state index contributed by atoms with van der Waals surface area (Å²) in [5, 5.41) is 4.35. The van der Waals surface area contributed by atoms with E-state index in [0.29, 0.717) is 5.57 Å². The second kappa shape index (κ2) is 8.30. The number of amides is 1. The molecule has 0 aromatic heterocycles. The molecule has 1 aromatic carbocycles. The normalized spacial score (nSPS) is 25.7. The van der Waals surface area contributed by atoms with E-state index in [1.807, 2.05) is 0 Å². The van der Waals surface area contributed by atoms with Crippen molar-refractivity contribution in [1.82, 2.24) is 5.01 Å². The highest BCUT2D eigenvalue weighted by atomic mass is 35.5. The first-order valence-electron chi connectivity index (χ1n) is 9.44. The lowest BCUT2D eigenvalue weighted by Crippen LogP contribution is -2.49. The number of nitrogens with zero attached hydrogens (tertiary/aromatic N) is 2. The molecule has 3 rings (SSSR count). The summed E-state index contributed by atoms with van der Waals surface area (Å²) in [6.45, 7) is 1.50. The number of likely N-dealkylation sites (N-methyl/N-ethyl adjacent to an activating group) is 1. The predicted molar refractivity (Wildman–Crippen MR) is 118 cm³/mol. The molecule has 0 saturated carbocycles. The average molecular weight is 526 g/mol. The molecule has 0 saturated heterocycles. The number of oxime groups is 1. The Morgan fingerprint density at radius 1 is 1.21 bits per heavy atom. The van der Waals surface area contributed by atoms with E-state index < -0.39 is 44.3 Å². The Labute approximate surface area is 198 Å². The van der Waals surface area contributed by atoms with Gasteiger partial charge in [0, 0.05) is 40.9 Å². The van der Waals surface area contributed by atoms with Crippen LogP contribution in [0.15, 0.2) is 46.7 Å². The maximum atomic E-state index is 14.3. The molecule has 13 heteroatoms. The lowest BCUT2D eigenvalue weighted by molar-refractivity contribution is -0.275. The van der Waals surface area contributed by atoms with Crippen LogP contribution in [-0.4, -0.2) is 49.3 Å². The molecule has 0 fully saturated rings. The highest BCUT2D eigenvalue weighted by Crippen LogP contribution is 2.52. The molecule has 1 aliphatic heterocycles. The number of hydrazine groups is 1. The predicted octanol–water partition coefficient (Wildman–Crippen LogP) is 3.92. The summed E-state index contributed by atoms with van der Waals surface area (Å²) in [4.78, 5) is 17.3. The standard InChI is InChI=1S/C20H20Cl2F3N3O4S/c1-11-9-18(33(3,30)31,5-4-15(11)17(29)28(2)26)16-10-19(32-27-16,20(23,24)25)12-6-13(21)8-14(22)7-12/h4-8H,9-10,26H2,1-3H3. The van der Waals surface area contributed by atoms with Crippen LogP contribution in [0.5, 0.6) is 0 Å². The Morgan fingerprint density at radius 3 is 2.24 bits per heavy atom. The lowest BCUT2D eigenvalue weighted by Gasteiger charge is -2.34. The summed E-state index contributed by atoms with van der Waals surface area (Å²) in [6.07, 6.45) is -2.93. The summed E-state index contributed by atoms with van der Waals surface area (Å²) >= 11 is 11.8. The maximum absolute atomic E-state index is 14.3. The first-order chi connectivity index (χ1) is 15.0. The molecule has 1 aliphatic carbocycles. The number of alkyl halides is 3. The van der Waals surface area contributed by atoms with Gasteiger partial charge in [-0.15, -0.1) is 0 Å². The number of sulfone groups is 1. The highest BCUT2D eigenvalue weighted by molar-refractivity contribution is 7.93. The molecule has 1 aromatic rings. The molecule has 1 amide bonds. The van der Waals surface area contributed by atoms with E-state index in [2.05, 4.69) is 5.16 Å². The van der Waals surface area contributed by atoms with E-state index in [0.717, 1.165) is 29.5 Å². The number of allylic oxidation sites excluding steroid dienone is 1. The van der Waals surface area contributed by atoms with Gasteiger partial charge in [-0.3, -0.25) is 9.80 Å². The second-order valence-electron chi connectivity index (χ2n) is 8.07. The summed E-state index contributed by atoms with van der Waals surface area (Å²) in [5.74, 6) is 4.91. The van der Waals surface area contributed by atoms with Crippen molar-refractivity contribution in [1.29, 1.82) is 0 Å². The number of carbonyl (C=O) groups excluding carboxylic acids is 1. The van der Waals surface area contributed by atoms with Gasteiger partial charge in [0.2, 0.25) is 0 Å². The van der Waals surface area contributed by atoms with Crippen molar-refractivity contribution in [2.24, 2.45) is 11.0 Å². The molecule has 2 aliphatic rings. The van der Waals surface area contributed by atoms with Gasteiger partial charge < -0.3 is 4.84 Å². The van der Waals surface area contributed by atoms with E-state index >= 15 is 0 Å². The highest BCUT2D eigenvalue weighted by Gasteiger charge is 2.65. The summed E-state index contributed by atoms with van der Waals surface area (Å²) in [5.41, 5.74) is -3.30. The number of hydrogen-bond donors (Lipinski definition) is 1. The molecule has 2 unspecified atom stereocenters. The zero-order valence-electron chi connectivity index (χ0n) is 17.7. The molecular formula is C20H20Cl2F3N3O4S. The van der Waals surface area contributed by atoms with Crippen molar-refractivity contribution < 1.29 is 31.2 Å². The molecular weight excluding hydrogens is 506 g/mol. The van der Waals surface area contributed by atoms with Crippen LogP contribution in [0, 0.1) is 0 Å². The number of nitrogens with two attached hydrogens (primary N) is 1. The Kier molecular flexibility index (Phi) is 6.42. The minimum absolute atomic E-state index is 0.0543. The monoisotopic (exact) mass is 525 g/mol. The van der Waals surface area contributed by atoms with Gasteiger partial charge in [0.05, 0.1) is 5.71 Å². The van der Waals surface area contributed by atoms with Gasteiger partial charge in [-0.05, 0) is 31.5 Å². The minimum atomic E-state index is -4.99. The van der Waals surface area contributed by atoms with Gasteiger partial charge in [0.15, 0.2) is 9.84 Å². The molecule has 33 heavy (non-hydrogen) atoms. The Morgan fingerprint density at radius 2 is 1.79 bits per heavy atom. The number of halogens is 5.